The highest BCUT2D eigenvalue weighted by Crippen LogP contribution is 2.41. The fourth-order valence-corrected chi connectivity index (χ4v) is 3.92. The number of ether oxygens (including phenoxy) is 1. The van der Waals surface area contributed by atoms with Crippen molar-refractivity contribution in [1.29, 1.82) is 0 Å². The lowest BCUT2D eigenvalue weighted by Gasteiger charge is -2.24. The molecule has 4 aromatic rings. The van der Waals surface area contributed by atoms with Gasteiger partial charge in [0.2, 0.25) is 0 Å². The largest absolute Gasteiger partial charge is 0.453 e. The Hall–Kier alpha value is -3.98. The number of fused-ring (bicyclic) bond motifs is 3. The maximum Gasteiger partial charge on any atom is 0.336 e. The Morgan fingerprint density at radius 2 is 1.74 bits per heavy atom. The predicted octanol–water partition coefficient (Wildman–Crippen LogP) is 2.88. The minimum atomic E-state index is -0.575. The van der Waals surface area contributed by atoms with E-state index in [4.69, 9.17) is 4.74 Å². The minimum absolute atomic E-state index is 0.0707. The van der Waals surface area contributed by atoms with Crippen molar-refractivity contribution in [2.45, 2.75) is 6.54 Å². The number of likely N-dealkylation sites (N-methyl/N-ethyl adjacent to an activating group) is 1. The average Bonchev–Trinajstić information content (AvgIpc) is 2.74. The summed E-state index contributed by atoms with van der Waals surface area (Å²) in [5.74, 6) is 0.508. The fraction of sp³-hybridized carbons (Fsp3) is 0.182. The van der Waals surface area contributed by atoms with E-state index < -0.39 is 16.2 Å². The minimum Gasteiger partial charge on any atom is -0.453 e. The Balaban J connectivity index is 1.92. The Bertz CT molecular complexity index is 1520. The van der Waals surface area contributed by atoms with Gasteiger partial charge in [-0.15, -0.1) is 0 Å². The molecule has 156 valence electrons. The van der Waals surface area contributed by atoms with Gasteiger partial charge in [-0.1, -0.05) is 24.3 Å². The number of nitro groups is 1. The molecule has 0 atom stereocenters. The number of rotatable bonds is 4. The van der Waals surface area contributed by atoms with Gasteiger partial charge in [0.05, 0.1) is 22.1 Å². The van der Waals surface area contributed by atoms with Gasteiger partial charge in [0.25, 0.3) is 11.2 Å². The van der Waals surface area contributed by atoms with Crippen molar-refractivity contribution in [2.24, 2.45) is 0 Å². The van der Waals surface area contributed by atoms with E-state index in [2.05, 4.69) is 0 Å². The van der Waals surface area contributed by atoms with Crippen molar-refractivity contribution in [1.82, 2.24) is 14.0 Å². The highest BCUT2D eigenvalue weighted by molar-refractivity contribution is 5.93. The van der Waals surface area contributed by atoms with E-state index in [-0.39, 0.29) is 28.9 Å². The molecule has 0 bridgehead atoms. The Morgan fingerprint density at radius 1 is 1.03 bits per heavy atom. The number of nitro benzene ring substituents is 1. The van der Waals surface area contributed by atoms with Crippen LogP contribution in [0.25, 0.3) is 27.4 Å². The number of aromatic nitrogens is 2. The highest BCUT2D eigenvalue weighted by atomic mass is 16.6. The van der Waals surface area contributed by atoms with Crippen molar-refractivity contribution in [3.8, 4) is 17.2 Å². The zero-order chi connectivity index (χ0) is 21.9. The third-order valence-electron chi connectivity index (χ3n) is 5.45. The predicted molar refractivity (Wildman–Crippen MR) is 117 cm³/mol. The number of hydrogen-bond donors (Lipinski definition) is 0. The van der Waals surface area contributed by atoms with Crippen molar-refractivity contribution in [2.75, 3.05) is 20.6 Å². The number of non-ortho nitro benzene ring substituents is 1. The average molecular weight is 418 g/mol. The quantitative estimate of drug-likeness (QED) is 0.329. The van der Waals surface area contributed by atoms with Crippen LogP contribution in [0.1, 0.15) is 0 Å². The topological polar surface area (TPSA) is 99.6 Å². The molecule has 1 aliphatic heterocycles. The molecule has 0 spiro atoms. The third-order valence-corrected chi connectivity index (χ3v) is 5.45. The summed E-state index contributed by atoms with van der Waals surface area (Å²) in [6.45, 7) is 0.617. The van der Waals surface area contributed by atoms with E-state index >= 15 is 0 Å². The summed E-state index contributed by atoms with van der Waals surface area (Å²) in [7, 11) is 3.68. The second kappa shape index (κ2) is 6.78. The van der Waals surface area contributed by atoms with Gasteiger partial charge < -0.3 is 9.64 Å². The molecule has 0 N–H and O–H groups in total. The van der Waals surface area contributed by atoms with E-state index in [0.717, 1.165) is 15.3 Å². The molecular formula is C22H18N4O5. The maximum atomic E-state index is 13.5. The van der Waals surface area contributed by atoms with Gasteiger partial charge in [-0.3, -0.25) is 24.0 Å². The van der Waals surface area contributed by atoms with Crippen molar-refractivity contribution < 1.29 is 9.66 Å². The SMILES string of the molecule is CN(C)CCn1c(=O)c2cc([N+](=O)[O-])cc3c2n(c1=O)-c1cc2ccccc2cc1O3. The first kappa shape index (κ1) is 19.0. The van der Waals surface area contributed by atoms with E-state index in [1.807, 2.05) is 49.3 Å². The lowest BCUT2D eigenvalue weighted by molar-refractivity contribution is -0.384. The van der Waals surface area contributed by atoms with Crippen molar-refractivity contribution in [3.63, 3.8) is 0 Å². The summed E-state index contributed by atoms with van der Waals surface area (Å²) in [6, 6.07) is 13.7. The molecule has 0 amide bonds. The van der Waals surface area contributed by atoms with Crippen LogP contribution < -0.4 is 16.0 Å². The molecule has 0 saturated heterocycles. The van der Waals surface area contributed by atoms with Gasteiger partial charge in [0.1, 0.15) is 5.52 Å². The summed E-state index contributed by atoms with van der Waals surface area (Å²) in [5.41, 5.74) is -0.614. The van der Waals surface area contributed by atoms with Crippen LogP contribution >= 0.6 is 0 Å². The molecule has 31 heavy (non-hydrogen) atoms. The molecule has 1 aliphatic rings. The molecule has 1 aromatic heterocycles. The van der Waals surface area contributed by atoms with Crippen LogP contribution in [0.5, 0.6) is 11.5 Å². The highest BCUT2D eigenvalue weighted by Gasteiger charge is 2.28. The molecule has 0 saturated carbocycles. The van der Waals surface area contributed by atoms with E-state index in [1.54, 1.807) is 6.07 Å². The van der Waals surface area contributed by atoms with Crippen LogP contribution in [0.3, 0.4) is 0 Å². The molecular weight excluding hydrogens is 400 g/mol. The monoisotopic (exact) mass is 418 g/mol. The molecule has 0 aliphatic carbocycles. The first-order chi connectivity index (χ1) is 14.8. The van der Waals surface area contributed by atoms with Gasteiger partial charge in [-0.25, -0.2) is 4.79 Å². The normalized spacial score (nSPS) is 12.2. The Morgan fingerprint density at radius 3 is 2.42 bits per heavy atom. The van der Waals surface area contributed by atoms with Crippen molar-refractivity contribution >= 4 is 27.4 Å². The van der Waals surface area contributed by atoms with Crippen molar-refractivity contribution in [3.05, 3.63) is 79.5 Å². The maximum absolute atomic E-state index is 13.5. The van der Waals surface area contributed by atoms with Gasteiger partial charge in [-0.05, 0) is 37.0 Å². The van der Waals surface area contributed by atoms with E-state index in [9.17, 15) is 19.7 Å². The number of benzene rings is 3. The lowest BCUT2D eigenvalue weighted by Crippen LogP contribution is -2.42. The van der Waals surface area contributed by atoms with Crippen LogP contribution in [-0.4, -0.2) is 39.6 Å². The lowest BCUT2D eigenvalue weighted by atomic mass is 10.1. The van der Waals surface area contributed by atoms with Gasteiger partial charge in [-0.2, -0.15) is 0 Å². The fourth-order valence-electron chi connectivity index (χ4n) is 3.92. The zero-order valence-electron chi connectivity index (χ0n) is 16.9. The molecule has 9 nitrogen and oxygen atoms in total. The van der Waals surface area contributed by atoms with Gasteiger partial charge in [0.15, 0.2) is 11.5 Å². The van der Waals surface area contributed by atoms with Crippen LogP contribution in [0.4, 0.5) is 5.69 Å². The van der Waals surface area contributed by atoms with E-state index in [1.165, 1.54) is 16.7 Å². The number of hydrogen-bond acceptors (Lipinski definition) is 6. The summed E-state index contributed by atoms with van der Waals surface area (Å²) >= 11 is 0. The standard InChI is InChI=1S/C22H18N4O5/c1-23(2)7-8-24-21(27)16-11-15(26(29)30)12-19-20(16)25(22(24)28)17-9-13-5-3-4-6-14(13)10-18(17)31-19/h3-6,9-12H,7-8H2,1-2H3. The summed E-state index contributed by atoms with van der Waals surface area (Å²) in [5, 5.41) is 13.4. The third kappa shape index (κ3) is 2.89. The van der Waals surface area contributed by atoms with Crippen LogP contribution in [-0.2, 0) is 6.54 Å². The zero-order valence-corrected chi connectivity index (χ0v) is 16.9. The summed E-state index contributed by atoms with van der Waals surface area (Å²) in [6.07, 6.45) is 0. The molecule has 9 heteroatoms. The van der Waals surface area contributed by atoms with Crippen LogP contribution in [0, 0.1) is 10.1 Å². The molecule has 5 rings (SSSR count). The molecule has 2 heterocycles. The second-order valence-electron chi connectivity index (χ2n) is 7.74. The Kier molecular flexibility index (Phi) is 4.16. The first-order valence-electron chi connectivity index (χ1n) is 9.69. The smallest absolute Gasteiger partial charge is 0.336 e. The molecule has 3 aromatic carbocycles. The van der Waals surface area contributed by atoms with E-state index in [0.29, 0.717) is 18.0 Å². The summed E-state index contributed by atoms with van der Waals surface area (Å²) < 4.78 is 8.53. The first-order valence-corrected chi connectivity index (χ1v) is 9.69. The molecule has 0 unspecified atom stereocenters. The number of nitrogens with zero attached hydrogens (tertiary/aromatic N) is 4. The molecule has 0 fully saturated rings. The van der Waals surface area contributed by atoms with Crippen LogP contribution in [0.15, 0.2) is 58.1 Å². The Labute approximate surface area is 175 Å². The molecule has 0 radical (unpaired) electrons. The summed E-state index contributed by atoms with van der Waals surface area (Å²) in [4.78, 5) is 39.4. The van der Waals surface area contributed by atoms with Crippen LogP contribution in [0.2, 0.25) is 0 Å². The second-order valence-corrected chi connectivity index (χ2v) is 7.74. The van der Waals surface area contributed by atoms with Gasteiger partial charge >= 0.3 is 5.69 Å². The van der Waals surface area contributed by atoms with Gasteiger partial charge in [0, 0.05) is 19.2 Å².